The molecule has 1 aromatic carbocycles. The Labute approximate surface area is 170 Å². The number of allylic oxidation sites excluding steroid dienone is 2. The van der Waals surface area contributed by atoms with Crippen LogP contribution < -0.4 is 5.32 Å². The average molecular weight is 401 g/mol. The number of amides is 1. The highest BCUT2D eigenvalue weighted by molar-refractivity contribution is 8.13. The van der Waals surface area contributed by atoms with E-state index in [-0.39, 0.29) is 11.3 Å². The number of benzene rings is 1. The van der Waals surface area contributed by atoms with E-state index in [1.165, 1.54) is 39.6 Å². The molecular weight excluding hydrogens is 376 g/mol. The summed E-state index contributed by atoms with van der Waals surface area (Å²) in [5.74, 6) is 0.837. The Morgan fingerprint density at radius 1 is 1.26 bits per heavy atom. The fourth-order valence-corrected chi connectivity index (χ4v) is 5.13. The van der Waals surface area contributed by atoms with Gasteiger partial charge in [0, 0.05) is 18.1 Å². The lowest BCUT2D eigenvalue weighted by atomic mass is 9.85. The molecular formula is C22H25ClN2OS. The summed E-state index contributed by atoms with van der Waals surface area (Å²) in [5, 5.41) is 4.62. The Morgan fingerprint density at radius 3 is 2.85 bits per heavy atom. The predicted octanol–water partition coefficient (Wildman–Crippen LogP) is 5.42. The summed E-state index contributed by atoms with van der Waals surface area (Å²) in [4.78, 5) is 14.2. The van der Waals surface area contributed by atoms with Gasteiger partial charge >= 0.3 is 0 Å². The summed E-state index contributed by atoms with van der Waals surface area (Å²) in [6.07, 6.45) is 10.4. The molecule has 2 heterocycles. The minimum absolute atomic E-state index is 0.217. The molecule has 0 bridgehead atoms. The third kappa shape index (κ3) is 3.83. The van der Waals surface area contributed by atoms with Gasteiger partial charge in [-0.25, -0.2) is 0 Å². The number of nitrogens with zero attached hydrogens (tertiary/aromatic N) is 1. The molecule has 1 N–H and O–H groups in total. The maximum Gasteiger partial charge on any atom is 0.281 e. The number of aryl methyl sites for hydroxylation is 1. The number of fused-ring (bicyclic) bond motifs is 2. The number of rotatable bonds is 1. The summed E-state index contributed by atoms with van der Waals surface area (Å²) < 4.78 is 0. The normalized spacial score (nSPS) is 21.8. The second kappa shape index (κ2) is 8.15. The molecule has 0 saturated carbocycles. The second-order valence-corrected chi connectivity index (χ2v) is 8.86. The number of likely N-dealkylation sites (tertiary alicyclic amines) is 1. The Bertz CT molecular complexity index is 833. The lowest BCUT2D eigenvalue weighted by Crippen LogP contribution is -2.36. The van der Waals surface area contributed by atoms with Crippen LogP contribution in [0.2, 0.25) is 5.02 Å². The molecule has 27 heavy (non-hydrogen) atoms. The van der Waals surface area contributed by atoms with Crippen LogP contribution in [0.25, 0.3) is 5.57 Å². The van der Waals surface area contributed by atoms with Gasteiger partial charge in [0.1, 0.15) is 0 Å². The minimum atomic E-state index is 0.217. The number of dihydropyridines is 1. The van der Waals surface area contributed by atoms with Crippen molar-refractivity contribution in [3.8, 4) is 0 Å². The zero-order valence-electron chi connectivity index (χ0n) is 15.6. The van der Waals surface area contributed by atoms with Gasteiger partial charge in [0.25, 0.3) is 5.24 Å². The third-order valence-corrected chi connectivity index (χ3v) is 6.67. The van der Waals surface area contributed by atoms with Gasteiger partial charge in [0.15, 0.2) is 0 Å². The largest absolute Gasteiger partial charge is 0.380 e. The van der Waals surface area contributed by atoms with Crippen molar-refractivity contribution in [2.45, 2.75) is 38.6 Å². The van der Waals surface area contributed by atoms with Crippen LogP contribution in [0.4, 0.5) is 4.79 Å². The SMILES string of the molecule is CCSC(=O)N1CCC(=C2c3ccc(Cl)cc3CCC3=CC=CNC32)CC1. The zero-order valence-corrected chi connectivity index (χ0v) is 17.2. The van der Waals surface area contributed by atoms with Crippen molar-refractivity contribution in [3.05, 3.63) is 63.8 Å². The lowest BCUT2D eigenvalue weighted by molar-refractivity contribution is 0.219. The predicted molar refractivity (Wildman–Crippen MR) is 115 cm³/mol. The smallest absolute Gasteiger partial charge is 0.281 e. The summed E-state index contributed by atoms with van der Waals surface area (Å²) in [6.45, 7) is 3.66. The van der Waals surface area contributed by atoms with Crippen molar-refractivity contribution < 1.29 is 4.79 Å². The van der Waals surface area contributed by atoms with E-state index >= 15 is 0 Å². The summed E-state index contributed by atoms with van der Waals surface area (Å²) in [5.41, 5.74) is 6.98. The topological polar surface area (TPSA) is 32.3 Å². The number of halogens is 1. The van der Waals surface area contributed by atoms with Crippen molar-refractivity contribution in [1.82, 2.24) is 10.2 Å². The van der Waals surface area contributed by atoms with Crippen molar-refractivity contribution >= 4 is 34.2 Å². The Morgan fingerprint density at radius 2 is 2.07 bits per heavy atom. The fourth-order valence-electron chi connectivity index (χ4n) is 4.33. The first-order chi connectivity index (χ1) is 13.2. The maximum absolute atomic E-state index is 12.2. The van der Waals surface area contributed by atoms with Gasteiger partial charge in [0.05, 0.1) is 6.04 Å². The molecule has 1 aromatic rings. The molecule has 1 amide bonds. The summed E-state index contributed by atoms with van der Waals surface area (Å²) >= 11 is 7.71. The molecule has 3 aliphatic rings. The van der Waals surface area contributed by atoms with Crippen LogP contribution in [-0.2, 0) is 6.42 Å². The standard InChI is InChI=1S/C22H25ClN2OS/c1-2-27-22(26)25-12-9-15(10-13-25)20-19-8-7-18(23)14-17(19)6-5-16-4-3-11-24-21(16)20/h3-4,7-8,11,14,21,24H,2,5-6,9-10,12-13H2,1H3. The van der Waals surface area contributed by atoms with Gasteiger partial charge in [-0.1, -0.05) is 48.0 Å². The van der Waals surface area contributed by atoms with Gasteiger partial charge in [-0.05, 0) is 78.1 Å². The van der Waals surface area contributed by atoms with E-state index in [2.05, 4.69) is 29.6 Å². The van der Waals surface area contributed by atoms with Crippen LogP contribution in [-0.4, -0.2) is 35.0 Å². The van der Waals surface area contributed by atoms with Crippen molar-refractivity contribution in [2.24, 2.45) is 0 Å². The first-order valence-electron chi connectivity index (χ1n) is 9.71. The highest BCUT2D eigenvalue weighted by Crippen LogP contribution is 2.39. The third-order valence-electron chi connectivity index (χ3n) is 5.64. The quantitative estimate of drug-likeness (QED) is 0.683. The van der Waals surface area contributed by atoms with Crippen LogP contribution in [0.5, 0.6) is 0 Å². The first-order valence-corrected chi connectivity index (χ1v) is 11.1. The van der Waals surface area contributed by atoms with E-state index in [0.29, 0.717) is 0 Å². The maximum atomic E-state index is 12.2. The Kier molecular flexibility index (Phi) is 5.65. The zero-order chi connectivity index (χ0) is 18.8. The van der Waals surface area contributed by atoms with Crippen molar-refractivity contribution in [3.63, 3.8) is 0 Å². The molecule has 1 atom stereocenters. The van der Waals surface area contributed by atoms with Gasteiger partial charge in [-0.3, -0.25) is 4.79 Å². The van der Waals surface area contributed by atoms with E-state index in [0.717, 1.165) is 49.5 Å². The van der Waals surface area contributed by atoms with Crippen LogP contribution >= 0.6 is 23.4 Å². The average Bonchev–Trinajstić information content (AvgIpc) is 2.85. The van der Waals surface area contributed by atoms with Crippen LogP contribution in [0.3, 0.4) is 0 Å². The van der Waals surface area contributed by atoms with Crippen molar-refractivity contribution in [1.29, 1.82) is 0 Å². The molecule has 142 valence electrons. The molecule has 1 saturated heterocycles. The molecule has 4 rings (SSSR count). The highest BCUT2D eigenvalue weighted by Gasteiger charge is 2.30. The van der Waals surface area contributed by atoms with Crippen LogP contribution in [0, 0.1) is 0 Å². The summed E-state index contributed by atoms with van der Waals surface area (Å²) in [7, 11) is 0. The van der Waals surface area contributed by atoms with E-state index < -0.39 is 0 Å². The molecule has 0 aromatic heterocycles. The lowest BCUT2D eigenvalue weighted by Gasteiger charge is -2.33. The molecule has 1 fully saturated rings. The first kappa shape index (κ1) is 18.7. The van der Waals surface area contributed by atoms with E-state index in [1.807, 2.05) is 24.1 Å². The van der Waals surface area contributed by atoms with Gasteiger partial charge in [0.2, 0.25) is 0 Å². The fraction of sp³-hybridized carbons (Fsp3) is 0.409. The van der Waals surface area contributed by atoms with Gasteiger partial charge in [-0.15, -0.1) is 0 Å². The van der Waals surface area contributed by atoms with Crippen molar-refractivity contribution in [2.75, 3.05) is 18.8 Å². The number of carbonyl (C=O) groups is 1. The minimum Gasteiger partial charge on any atom is -0.380 e. The number of hydrogen-bond acceptors (Lipinski definition) is 3. The van der Waals surface area contributed by atoms with Gasteiger partial charge in [-0.2, -0.15) is 0 Å². The van der Waals surface area contributed by atoms with E-state index in [1.54, 1.807) is 0 Å². The summed E-state index contributed by atoms with van der Waals surface area (Å²) in [6, 6.07) is 6.55. The number of nitrogens with one attached hydrogen (secondary N) is 1. The highest BCUT2D eigenvalue weighted by atomic mass is 35.5. The molecule has 3 nitrogen and oxygen atoms in total. The molecule has 0 radical (unpaired) electrons. The molecule has 1 unspecified atom stereocenters. The second-order valence-electron chi connectivity index (χ2n) is 7.21. The van der Waals surface area contributed by atoms with Gasteiger partial charge < -0.3 is 10.2 Å². The van der Waals surface area contributed by atoms with Crippen LogP contribution in [0.15, 0.2) is 47.7 Å². The number of piperidine rings is 1. The monoisotopic (exact) mass is 400 g/mol. The van der Waals surface area contributed by atoms with E-state index in [4.69, 9.17) is 11.6 Å². The van der Waals surface area contributed by atoms with Crippen LogP contribution in [0.1, 0.15) is 37.3 Å². The Hall–Kier alpha value is -1.65. The molecule has 5 heteroatoms. The van der Waals surface area contributed by atoms with E-state index in [9.17, 15) is 4.79 Å². The number of carbonyl (C=O) groups excluding carboxylic acids is 1. The molecule has 1 aliphatic carbocycles. The number of thioether (sulfide) groups is 1. The molecule has 0 spiro atoms. The Balaban J connectivity index is 1.70. The molecule has 2 aliphatic heterocycles. The number of hydrogen-bond donors (Lipinski definition) is 1.